The Kier molecular flexibility index (Phi) is 4.44. The van der Waals surface area contributed by atoms with Crippen LogP contribution in [-0.2, 0) is 4.74 Å². The van der Waals surface area contributed by atoms with Crippen LogP contribution >= 0.6 is 11.3 Å². The molecule has 0 aliphatic carbocycles. The second kappa shape index (κ2) is 6.27. The molecule has 3 N–H and O–H groups in total. The van der Waals surface area contributed by atoms with Crippen molar-refractivity contribution in [2.75, 3.05) is 25.3 Å². The van der Waals surface area contributed by atoms with Crippen molar-refractivity contribution in [3.8, 4) is 5.75 Å². The largest absolute Gasteiger partial charge is 0.496 e. The normalized spacial score (nSPS) is 10.0. The van der Waals surface area contributed by atoms with Gasteiger partial charge in [-0.3, -0.25) is 4.79 Å². The van der Waals surface area contributed by atoms with Gasteiger partial charge in [-0.05, 0) is 23.6 Å². The molecule has 1 amide bonds. The third-order valence-corrected chi connectivity index (χ3v) is 3.68. The Morgan fingerprint density at radius 2 is 2.00 bits per heavy atom. The molecule has 7 heteroatoms. The minimum absolute atomic E-state index is 0.224. The molecule has 0 aliphatic rings. The maximum Gasteiger partial charge on any atom is 0.350 e. The second-order valence-corrected chi connectivity index (χ2v) is 4.95. The maximum atomic E-state index is 12.4. The first kappa shape index (κ1) is 14.9. The van der Waals surface area contributed by atoms with Crippen LogP contribution < -0.4 is 15.8 Å². The van der Waals surface area contributed by atoms with Gasteiger partial charge in [0.1, 0.15) is 16.2 Å². The summed E-state index contributed by atoms with van der Waals surface area (Å²) in [5.41, 5.74) is 6.72. The zero-order valence-electron chi connectivity index (χ0n) is 11.5. The van der Waals surface area contributed by atoms with Crippen molar-refractivity contribution in [2.24, 2.45) is 0 Å². The second-order valence-electron chi connectivity index (χ2n) is 4.03. The summed E-state index contributed by atoms with van der Waals surface area (Å²) in [4.78, 5) is 24.3. The van der Waals surface area contributed by atoms with Gasteiger partial charge in [-0.15, -0.1) is 11.3 Å². The number of thiophene rings is 1. The molecule has 0 saturated carbocycles. The van der Waals surface area contributed by atoms with Crippen LogP contribution in [0, 0.1) is 0 Å². The molecule has 0 atom stereocenters. The first-order valence-corrected chi connectivity index (χ1v) is 6.86. The number of nitrogens with two attached hydrogens (primary N) is 1. The molecular weight excluding hydrogens is 292 g/mol. The molecule has 0 unspecified atom stereocenters. The zero-order valence-corrected chi connectivity index (χ0v) is 12.3. The van der Waals surface area contributed by atoms with E-state index in [0.29, 0.717) is 22.0 Å². The lowest BCUT2D eigenvalue weighted by molar-refractivity contribution is 0.0607. The van der Waals surface area contributed by atoms with Crippen molar-refractivity contribution < 1.29 is 19.1 Å². The van der Waals surface area contributed by atoms with Crippen LogP contribution in [0.2, 0.25) is 0 Å². The van der Waals surface area contributed by atoms with E-state index in [1.54, 1.807) is 29.6 Å². The number of hydrogen-bond donors (Lipinski definition) is 2. The van der Waals surface area contributed by atoms with E-state index in [4.69, 9.17) is 10.5 Å². The van der Waals surface area contributed by atoms with Crippen molar-refractivity contribution in [3.63, 3.8) is 0 Å². The summed E-state index contributed by atoms with van der Waals surface area (Å²) in [6.07, 6.45) is 0. The molecular formula is C14H14N2O4S. The van der Waals surface area contributed by atoms with E-state index in [-0.39, 0.29) is 5.56 Å². The van der Waals surface area contributed by atoms with Crippen LogP contribution in [0.15, 0.2) is 29.6 Å². The number of nitrogens with one attached hydrogen (secondary N) is 1. The molecule has 0 aliphatic heterocycles. The van der Waals surface area contributed by atoms with Gasteiger partial charge >= 0.3 is 5.97 Å². The SMILES string of the molecule is COC(=O)c1sccc1NC(=O)c1c(N)cccc1OC. The number of benzene rings is 1. The van der Waals surface area contributed by atoms with Crippen LogP contribution in [0.25, 0.3) is 0 Å². The number of carbonyl (C=O) groups is 2. The van der Waals surface area contributed by atoms with Gasteiger partial charge in [-0.25, -0.2) is 4.79 Å². The predicted molar refractivity (Wildman–Crippen MR) is 81.0 cm³/mol. The molecule has 0 fully saturated rings. The van der Waals surface area contributed by atoms with Gasteiger partial charge in [-0.2, -0.15) is 0 Å². The molecule has 0 radical (unpaired) electrons. The van der Waals surface area contributed by atoms with Crippen LogP contribution in [0.3, 0.4) is 0 Å². The number of methoxy groups -OCH3 is 2. The van der Waals surface area contributed by atoms with Crippen molar-refractivity contribution in [1.82, 2.24) is 0 Å². The molecule has 0 bridgehead atoms. The summed E-state index contributed by atoms with van der Waals surface area (Å²) in [7, 11) is 2.74. The van der Waals surface area contributed by atoms with E-state index in [0.717, 1.165) is 0 Å². The first-order valence-electron chi connectivity index (χ1n) is 5.98. The molecule has 0 saturated heterocycles. The van der Waals surface area contributed by atoms with Crippen LogP contribution in [0.5, 0.6) is 5.75 Å². The summed E-state index contributed by atoms with van der Waals surface area (Å²) in [5.74, 6) is -0.593. The highest BCUT2D eigenvalue weighted by molar-refractivity contribution is 7.12. The number of esters is 1. The molecule has 6 nitrogen and oxygen atoms in total. The Labute approximate surface area is 125 Å². The fourth-order valence-electron chi connectivity index (χ4n) is 1.80. The van der Waals surface area contributed by atoms with Gasteiger partial charge in [-0.1, -0.05) is 6.07 Å². The van der Waals surface area contributed by atoms with Crippen LogP contribution in [0.4, 0.5) is 11.4 Å². The number of carbonyl (C=O) groups excluding carboxylic acids is 2. The minimum atomic E-state index is -0.506. The molecule has 0 spiro atoms. The summed E-state index contributed by atoms with van der Waals surface area (Å²) in [6.45, 7) is 0. The monoisotopic (exact) mass is 306 g/mol. The highest BCUT2D eigenvalue weighted by atomic mass is 32.1. The average Bonchev–Trinajstić information content (AvgIpc) is 2.93. The summed E-state index contributed by atoms with van der Waals surface area (Å²) >= 11 is 1.18. The summed E-state index contributed by atoms with van der Waals surface area (Å²) in [5, 5.41) is 4.34. The van der Waals surface area contributed by atoms with Crippen molar-refractivity contribution in [2.45, 2.75) is 0 Å². The Balaban J connectivity index is 2.31. The molecule has 1 aromatic carbocycles. The number of hydrogen-bond acceptors (Lipinski definition) is 6. The van der Waals surface area contributed by atoms with Crippen LogP contribution in [-0.4, -0.2) is 26.1 Å². The van der Waals surface area contributed by atoms with Gasteiger partial charge in [0.25, 0.3) is 5.91 Å². The highest BCUT2D eigenvalue weighted by Gasteiger charge is 2.20. The highest BCUT2D eigenvalue weighted by Crippen LogP contribution is 2.28. The van der Waals surface area contributed by atoms with E-state index < -0.39 is 11.9 Å². The van der Waals surface area contributed by atoms with Crippen molar-refractivity contribution >= 4 is 34.6 Å². The van der Waals surface area contributed by atoms with E-state index in [9.17, 15) is 9.59 Å². The standard InChI is InChI=1S/C14H14N2O4S/c1-19-10-5-3-4-8(15)11(10)13(17)16-9-6-7-21-12(9)14(18)20-2/h3-7H,15H2,1-2H3,(H,16,17). The fourth-order valence-corrected chi connectivity index (χ4v) is 2.57. The Morgan fingerprint density at radius 3 is 2.67 bits per heavy atom. The van der Waals surface area contributed by atoms with Crippen molar-refractivity contribution in [1.29, 1.82) is 0 Å². The summed E-state index contributed by atoms with van der Waals surface area (Å²) in [6, 6.07) is 6.56. The van der Waals surface area contributed by atoms with Crippen molar-refractivity contribution in [3.05, 3.63) is 40.1 Å². The van der Waals surface area contributed by atoms with E-state index >= 15 is 0 Å². The molecule has 2 aromatic rings. The average molecular weight is 306 g/mol. The Bertz CT molecular complexity index is 681. The number of nitrogen functional groups attached to an aromatic ring is 1. The number of rotatable bonds is 4. The fraction of sp³-hybridized carbons (Fsp3) is 0.143. The number of ether oxygens (including phenoxy) is 2. The minimum Gasteiger partial charge on any atom is -0.496 e. The topological polar surface area (TPSA) is 90.7 Å². The van der Waals surface area contributed by atoms with Gasteiger partial charge in [0.15, 0.2) is 0 Å². The van der Waals surface area contributed by atoms with Gasteiger partial charge in [0, 0.05) is 5.69 Å². The quantitative estimate of drug-likeness (QED) is 0.668. The lowest BCUT2D eigenvalue weighted by atomic mass is 10.1. The first-order chi connectivity index (χ1) is 10.1. The number of anilines is 2. The van der Waals surface area contributed by atoms with Gasteiger partial charge in [0.2, 0.25) is 0 Å². The Morgan fingerprint density at radius 1 is 1.24 bits per heavy atom. The lowest BCUT2D eigenvalue weighted by Gasteiger charge is -2.11. The molecule has 1 heterocycles. The molecule has 1 aromatic heterocycles. The van der Waals surface area contributed by atoms with Gasteiger partial charge in [0.05, 0.1) is 19.9 Å². The maximum absolute atomic E-state index is 12.4. The number of amides is 1. The van der Waals surface area contributed by atoms with Gasteiger partial charge < -0.3 is 20.5 Å². The van der Waals surface area contributed by atoms with E-state index in [1.807, 2.05) is 0 Å². The lowest BCUT2D eigenvalue weighted by Crippen LogP contribution is -2.16. The van der Waals surface area contributed by atoms with E-state index in [2.05, 4.69) is 10.1 Å². The third-order valence-electron chi connectivity index (χ3n) is 2.79. The molecule has 21 heavy (non-hydrogen) atoms. The van der Waals surface area contributed by atoms with E-state index in [1.165, 1.54) is 25.6 Å². The third kappa shape index (κ3) is 2.97. The Hall–Kier alpha value is -2.54. The molecule has 2 rings (SSSR count). The predicted octanol–water partition coefficient (Wildman–Crippen LogP) is 2.38. The van der Waals surface area contributed by atoms with Crippen LogP contribution in [0.1, 0.15) is 20.0 Å². The smallest absolute Gasteiger partial charge is 0.350 e. The summed E-state index contributed by atoms with van der Waals surface area (Å²) < 4.78 is 9.80. The zero-order chi connectivity index (χ0) is 15.4. The molecule has 110 valence electrons.